The average molecular weight is 234 g/mol. The number of thioether (sulfide) groups is 1. The summed E-state index contributed by atoms with van der Waals surface area (Å²) in [4.78, 5) is 1.06. The zero-order chi connectivity index (χ0) is 10.6. The van der Waals surface area contributed by atoms with E-state index in [0.717, 1.165) is 4.90 Å². The fraction of sp³-hybridized carbons (Fsp3) is 0.375. The van der Waals surface area contributed by atoms with Gasteiger partial charge in [-0.2, -0.15) is 8.42 Å². The van der Waals surface area contributed by atoms with E-state index in [2.05, 4.69) is 0 Å². The van der Waals surface area contributed by atoms with Crippen LogP contribution in [0.2, 0.25) is 0 Å². The molecule has 0 radical (unpaired) electrons. The number of hydrogen-bond donors (Lipinski definition) is 1. The lowest BCUT2D eigenvalue weighted by Gasteiger charge is -1.97. The third-order valence-corrected chi connectivity index (χ3v) is 3.09. The molecule has 4 nitrogen and oxygen atoms in total. The summed E-state index contributed by atoms with van der Waals surface area (Å²) in [5.41, 5.74) is 0. The van der Waals surface area contributed by atoms with Crippen molar-refractivity contribution in [3.05, 3.63) is 24.5 Å². The molecule has 0 spiro atoms. The molecule has 0 saturated carbocycles. The van der Waals surface area contributed by atoms with Crippen molar-refractivity contribution < 1.29 is 17.5 Å². The lowest BCUT2D eigenvalue weighted by atomic mass is 10.5. The van der Waals surface area contributed by atoms with Gasteiger partial charge in [0.05, 0.1) is 4.90 Å². The normalized spacial score (nSPS) is 11.6. The van der Waals surface area contributed by atoms with Gasteiger partial charge in [0.25, 0.3) is 10.1 Å². The van der Waals surface area contributed by atoms with Crippen molar-refractivity contribution in [1.29, 1.82) is 0 Å². The molecule has 0 aromatic carbocycles. The molecular weight excluding hydrogens is 222 g/mol. The van der Waals surface area contributed by atoms with Gasteiger partial charge in [-0.15, -0.1) is 11.8 Å². The topological polar surface area (TPSA) is 58.2 Å². The predicted molar refractivity (Wildman–Crippen MR) is 54.8 cm³/mol. The summed E-state index contributed by atoms with van der Waals surface area (Å²) < 4.78 is 31.3. The molecule has 1 rings (SSSR count). The number of pyridine rings is 1. The van der Waals surface area contributed by atoms with Crippen LogP contribution in [-0.4, -0.2) is 25.0 Å². The van der Waals surface area contributed by atoms with Gasteiger partial charge in [-0.1, -0.05) is 0 Å². The first-order valence-corrected chi connectivity index (χ1v) is 6.83. The fourth-order valence-electron chi connectivity index (χ4n) is 0.979. The molecule has 1 N–H and O–H groups in total. The van der Waals surface area contributed by atoms with Gasteiger partial charge in [-0.3, -0.25) is 4.55 Å². The van der Waals surface area contributed by atoms with E-state index in [0.29, 0.717) is 0 Å². The molecule has 1 aromatic heterocycles. The highest BCUT2D eigenvalue weighted by Gasteiger charge is 2.09. The Balaban J connectivity index is 2.68. The maximum atomic E-state index is 10.5. The molecule has 78 valence electrons. The minimum absolute atomic E-state index is 0.254. The molecule has 0 atom stereocenters. The van der Waals surface area contributed by atoms with Crippen LogP contribution in [0.15, 0.2) is 29.4 Å². The van der Waals surface area contributed by atoms with E-state index in [1.165, 1.54) is 0 Å². The van der Waals surface area contributed by atoms with E-state index in [1.807, 2.05) is 24.6 Å². The molecule has 0 unspecified atom stereocenters. The second kappa shape index (κ2) is 4.77. The van der Waals surface area contributed by atoms with E-state index in [1.54, 1.807) is 22.5 Å². The molecular formula is C8H12NO3S2+. The van der Waals surface area contributed by atoms with Crippen molar-refractivity contribution in [1.82, 2.24) is 0 Å². The van der Waals surface area contributed by atoms with Gasteiger partial charge in [0, 0.05) is 6.07 Å². The quantitative estimate of drug-likeness (QED) is 0.470. The van der Waals surface area contributed by atoms with Crippen LogP contribution in [0.3, 0.4) is 0 Å². The fourth-order valence-corrected chi connectivity index (χ4v) is 1.88. The van der Waals surface area contributed by atoms with Crippen molar-refractivity contribution in [3.8, 4) is 0 Å². The van der Waals surface area contributed by atoms with Crippen LogP contribution in [-0.2, 0) is 16.7 Å². The molecule has 0 bridgehead atoms. The van der Waals surface area contributed by atoms with E-state index in [4.69, 9.17) is 4.55 Å². The zero-order valence-corrected chi connectivity index (χ0v) is 9.38. The molecule has 0 amide bonds. The lowest BCUT2D eigenvalue weighted by Crippen LogP contribution is -2.36. The summed E-state index contributed by atoms with van der Waals surface area (Å²) in [6.07, 6.45) is 5.56. The van der Waals surface area contributed by atoms with Crippen LogP contribution >= 0.6 is 11.8 Å². The second-order valence-corrected chi connectivity index (χ2v) is 5.22. The summed E-state index contributed by atoms with van der Waals surface area (Å²) in [6.45, 7) is 0.271. The molecule has 0 aliphatic heterocycles. The Morgan fingerprint density at radius 3 is 2.86 bits per heavy atom. The maximum absolute atomic E-state index is 10.5. The van der Waals surface area contributed by atoms with Crippen LogP contribution < -0.4 is 4.57 Å². The molecule has 14 heavy (non-hydrogen) atoms. The van der Waals surface area contributed by atoms with Crippen molar-refractivity contribution in [2.24, 2.45) is 0 Å². The van der Waals surface area contributed by atoms with Crippen LogP contribution in [0.4, 0.5) is 0 Å². The standard InChI is InChI=1S/C8H11NO3S2/c1-13-8-3-2-4-9(7-8)5-6-14(10,11)12/h2-4,7H,5-6H2,1H3/p+1. The third-order valence-electron chi connectivity index (χ3n) is 1.67. The summed E-state index contributed by atoms with van der Waals surface area (Å²) in [6, 6.07) is 3.78. The Labute approximate surface area is 87.7 Å². The second-order valence-electron chi connectivity index (χ2n) is 2.77. The summed E-state index contributed by atoms with van der Waals surface area (Å²) in [5.74, 6) is -0.254. The van der Waals surface area contributed by atoms with Gasteiger partial charge >= 0.3 is 0 Å². The molecule has 6 heteroatoms. The van der Waals surface area contributed by atoms with Gasteiger partial charge in [-0.25, -0.2) is 4.57 Å². The third kappa shape index (κ3) is 4.08. The minimum atomic E-state index is -3.87. The van der Waals surface area contributed by atoms with Gasteiger partial charge < -0.3 is 0 Å². The van der Waals surface area contributed by atoms with Crippen LogP contribution in [0.25, 0.3) is 0 Å². The maximum Gasteiger partial charge on any atom is 0.271 e. The van der Waals surface area contributed by atoms with Crippen LogP contribution in [0.5, 0.6) is 0 Å². The highest BCUT2D eigenvalue weighted by Crippen LogP contribution is 2.09. The smallest absolute Gasteiger partial charge is 0.271 e. The van der Waals surface area contributed by atoms with Crippen LogP contribution in [0, 0.1) is 0 Å². The first-order valence-electron chi connectivity index (χ1n) is 3.99. The summed E-state index contributed by atoms with van der Waals surface area (Å²) in [7, 11) is -3.87. The number of aryl methyl sites for hydroxylation is 1. The van der Waals surface area contributed by atoms with E-state index >= 15 is 0 Å². The number of hydrogen-bond acceptors (Lipinski definition) is 3. The Morgan fingerprint density at radius 1 is 1.57 bits per heavy atom. The summed E-state index contributed by atoms with van der Waals surface area (Å²) >= 11 is 1.58. The SMILES string of the molecule is CSc1ccc[n+](CCS(=O)(=O)O)c1. The molecule has 1 aromatic rings. The van der Waals surface area contributed by atoms with Crippen molar-refractivity contribution in [2.75, 3.05) is 12.0 Å². The Hall–Kier alpha value is -0.590. The van der Waals surface area contributed by atoms with Crippen molar-refractivity contribution in [3.63, 3.8) is 0 Å². The van der Waals surface area contributed by atoms with E-state index in [9.17, 15) is 8.42 Å². The van der Waals surface area contributed by atoms with Crippen molar-refractivity contribution in [2.45, 2.75) is 11.4 Å². The number of nitrogens with zero attached hydrogens (tertiary/aromatic N) is 1. The van der Waals surface area contributed by atoms with Gasteiger partial charge in [0.2, 0.25) is 0 Å². The highest BCUT2D eigenvalue weighted by atomic mass is 32.2. The van der Waals surface area contributed by atoms with E-state index < -0.39 is 10.1 Å². The Kier molecular flexibility index (Phi) is 3.91. The van der Waals surface area contributed by atoms with Gasteiger partial charge in [0.1, 0.15) is 5.75 Å². The lowest BCUT2D eigenvalue weighted by molar-refractivity contribution is -0.694. The van der Waals surface area contributed by atoms with Gasteiger partial charge in [0.15, 0.2) is 18.9 Å². The zero-order valence-electron chi connectivity index (χ0n) is 7.75. The number of aromatic nitrogens is 1. The monoisotopic (exact) mass is 234 g/mol. The predicted octanol–water partition coefficient (Wildman–Crippen LogP) is 0.584. The highest BCUT2D eigenvalue weighted by molar-refractivity contribution is 7.98. The largest absolute Gasteiger partial charge is 0.285 e. The summed E-state index contributed by atoms with van der Waals surface area (Å²) in [5, 5.41) is 0. The molecule has 0 aliphatic carbocycles. The molecule has 1 heterocycles. The van der Waals surface area contributed by atoms with Crippen LogP contribution in [0.1, 0.15) is 0 Å². The Bertz CT molecular complexity index is 403. The first kappa shape index (κ1) is 11.5. The van der Waals surface area contributed by atoms with Gasteiger partial charge in [-0.05, 0) is 12.3 Å². The molecule has 0 aliphatic rings. The molecule has 0 saturated heterocycles. The van der Waals surface area contributed by atoms with E-state index in [-0.39, 0.29) is 12.3 Å². The van der Waals surface area contributed by atoms with Crippen molar-refractivity contribution >= 4 is 21.9 Å². The molecule has 0 fully saturated rings. The number of rotatable bonds is 4. The first-order chi connectivity index (χ1) is 6.51. The minimum Gasteiger partial charge on any atom is -0.285 e. The average Bonchev–Trinajstić information content (AvgIpc) is 2.14. The Morgan fingerprint density at radius 2 is 2.29 bits per heavy atom.